The van der Waals surface area contributed by atoms with Crippen molar-refractivity contribution in [3.63, 3.8) is 0 Å². The normalized spacial score (nSPS) is 30.4. The molecule has 0 spiro atoms. The molecule has 0 amide bonds. The monoisotopic (exact) mass is 312 g/mol. The molecular formula is C8Cl2F6O2. The zero-order valence-electron chi connectivity index (χ0n) is 7.84. The van der Waals surface area contributed by atoms with Gasteiger partial charge in [-0.15, -0.1) is 0 Å². The molecule has 100 valence electrons. The van der Waals surface area contributed by atoms with Gasteiger partial charge < -0.3 is 9.47 Å². The van der Waals surface area contributed by atoms with E-state index in [1.807, 2.05) is 0 Å². The van der Waals surface area contributed by atoms with Crippen molar-refractivity contribution in [2.75, 3.05) is 0 Å². The van der Waals surface area contributed by atoms with Gasteiger partial charge in [0.05, 0.1) is 0 Å². The van der Waals surface area contributed by atoms with Crippen LogP contribution in [0.5, 0.6) is 11.5 Å². The number of halogens is 8. The number of fused-ring (bicyclic) bond motifs is 1. The number of hydrogen-bond acceptors (Lipinski definition) is 2. The van der Waals surface area contributed by atoms with Crippen LogP contribution in [-0.4, -0.2) is 10.6 Å². The summed E-state index contributed by atoms with van der Waals surface area (Å²) in [7, 11) is 0. The van der Waals surface area contributed by atoms with E-state index in [9.17, 15) is 26.3 Å². The first-order chi connectivity index (χ1) is 8.08. The number of alkyl halides is 4. The Morgan fingerprint density at radius 1 is 0.667 bits per heavy atom. The van der Waals surface area contributed by atoms with Gasteiger partial charge >= 0.3 is 10.6 Å². The van der Waals surface area contributed by atoms with Crippen molar-refractivity contribution in [1.29, 1.82) is 0 Å². The van der Waals surface area contributed by atoms with Gasteiger partial charge in [-0.2, -0.15) is 17.6 Å². The molecule has 2 atom stereocenters. The second kappa shape index (κ2) is 3.74. The van der Waals surface area contributed by atoms with Crippen molar-refractivity contribution in [1.82, 2.24) is 0 Å². The van der Waals surface area contributed by atoms with Crippen molar-refractivity contribution in [2.24, 2.45) is 0 Å². The fraction of sp³-hybridized carbons (Fsp3) is 0.250. The molecule has 1 aromatic carbocycles. The van der Waals surface area contributed by atoms with Crippen LogP contribution >= 0.6 is 23.2 Å². The third kappa shape index (κ3) is 1.66. The molecular weight excluding hydrogens is 313 g/mol. The minimum Gasteiger partial charge on any atom is -0.432 e. The summed E-state index contributed by atoms with van der Waals surface area (Å²) < 4.78 is 86.1. The van der Waals surface area contributed by atoms with Crippen molar-refractivity contribution < 1.29 is 35.8 Å². The van der Waals surface area contributed by atoms with E-state index < -0.39 is 45.4 Å². The minimum atomic E-state index is -3.96. The summed E-state index contributed by atoms with van der Waals surface area (Å²) in [5.41, 5.74) is 0. The van der Waals surface area contributed by atoms with Crippen LogP contribution in [0.1, 0.15) is 0 Å². The van der Waals surface area contributed by atoms with Gasteiger partial charge in [0.1, 0.15) is 0 Å². The second-order valence-corrected chi connectivity index (χ2v) is 4.12. The third-order valence-corrected chi connectivity index (χ3v) is 2.72. The maximum atomic E-state index is 13.3. The highest BCUT2D eigenvalue weighted by molar-refractivity contribution is 6.32. The van der Waals surface area contributed by atoms with E-state index in [-0.39, 0.29) is 0 Å². The molecule has 0 N–H and O–H groups in total. The van der Waals surface area contributed by atoms with Gasteiger partial charge in [-0.3, -0.25) is 0 Å². The average molecular weight is 313 g/mol. The topological polar surface area (TPSA) is 18.5 Å². The molecule has 0 aromatic heterocycles. The fourth-order valence-electron chi connectivity index (χ4n) is 1.15. The first-order valence-corrected chi connectivity index (χ1v) is 4.83. The molecule has 10 heteroatoms. The van der Waals surface area contributed by atoms with E-state index in [0.717, 1.165) is 0 Å². The summed E-state index contributed by atoms with van der Waals surface area (Å²) in [6.45, 7) is 0. The summed E-state index contributed by atoms with van der Waals surface area (Å²) in [6, 6.07) is 0. The highest BCUT2D eigenvalue weighted by atomic mass is 35.5. The highest BCUT2D eigenvalue weighted by Crippen LogP contribution is 2.51. The first-order valence-electron chi connectivity index (χ1n) is 4.08. The predicted octanol–water partition coefficient (Wildman–Crippen LogP) is 3.74. The number of hydrogen-bond donors (Lipinski definition) is 0. The summed E-state index contributed by atoms with van der Waals surface area (Å²) in [4.78, 5) is 0. The van der Waals surface area contributed by atoms with Crippen molar-refractivity contribution in [3.8, 4) is 11.5 Å². The second-order valence-electron chi connectivity index (χ2n) is 3.15. The molecule has 2 rings (SSSR count). The smallest absolute Gasteiger partial charge is 0.414 e. The number of rotatable bonds is 0. The number of benzene rings is 1. The van der Waals surface area contributed by atoms with Gasteiger partial charge in [-0.25, -0.2) is 8.78 Å². The summed E-state index contributed by atoms with van der Waals surface area (Å²) in [6.07, 6.45) is 0. The molecule has 1 aromatic rings. The minimum absolute atomic E-state index is 1.57. The average Bonchev–Trinajstić information content (AvgIpc) is 2.26. The molecule has 2 nitrogen and oxygen atoms in total. The molecule has 0 saturated heterocycles. The Morgan fingerprint density at radius 2 is 0.944 bits per heavy atom. The standard InChI is InChI=1S/C8Cl2F6O2/c9-7(15)8(10,16)18-6-4(14)2(12)1(11)3(13)5(6)17-7. The Morgan fingerprint density at radius 3 is 1.22 bits per heavy atom. The molecule has 18 heavy (non-hydrogen) atoms. The van der Waals surface area contributed by atoms with Gasteiger partial charge in [0, 0.05) is 0 Å². The highest BCUT2D eigenvalue weighted by Gasteiger charge is 2.62. The Hall–Kier alpha value is -1.02. The van der Waals surface area contributed by atoms with E-state index in [1.54, 1.807) is 0 Å². The molecule has 0 aliphatic carbocycles. The fourth-order valence-corrected chi connectivity index (χ4v) is 1.38. The van der Waals surface area contributed by atoms with Crippen LogP contribution in [-0.2, 0) is 0 Å². The zero-order valence-corrected chi connectivity index (χ0v) is 9.35. The SMILES string of the molecule is Fc1c(F)c(F)c2c(c1F)OC(F)(Cl)C(F)(Cl)O2. The molecule has 0 bridgehead atoms. The van der Waals surface area contributed by atoms with Gasteiger partial charge in [-0.05, 0) is 23.2 Å². The lowest BCUT2D eigenvalue weighted by Gasteiger charge is -2.34. The lowest BCUT2D eigenvalue weighted by molar-refractivity contribution is -0.183. The van der Waals surface area contributed by atoms with Crippen LogP contribution in [0.25, 0.3) is 0 Å². The zero-order chi connectivity index (χ0) is 13.9. The maximum Gasteiger partial charge on any atom is 0.414 e. The predicted molar refractivity (Wildman–Crippen MR) is 46.9 cm³/mol. The lowest BCUT2D eigenvalue weighted by atomic mass is 10.2. The van der Waals surface area contributed by atoms with E-state index in [1.165, 1.54) is 0 Å². The molecule has 2 unspecified atom stereocenters. The van der Waals surface area contributed by atoms with Crippen molar-refractivity contribution in [2.45, 2.75) is 10.6 Å². The summed E-state index contributed by atoms with van der Waals surface area (Å²) in [5, 5.41) is -7.92. The van der Waals surface area contributed by atoms with Gasteiger partial charge in [0.15, 0.2) is 0 Å². The van der Waals surface area contributed by atoms with Crippen LogP contribution in [0.15, 0.2) is 0 Å². The van der Waals surface area contributed by atoms with Crippen LogP contribution in [0.4, 0.5) is 26.3 Å². The molecule has 1 heterocycles. The Kier molecular flexibility index (Phi) is 2.78. The van der Waals surface area contributed by atoms with Gasteiger partial charge in [0.2, 0.25) is 34.8 Å². The van der Waals surface area contributed by atoms with E-state index in [4.69, 9.17) is 23.2 Å². The van der Waals surface area contributed by atoms with Gasteiger partial charge in [-0.1, -0.05) is 0 Å². The maximum absolute atomic E-state index is 13.3. The van der Waals surface area contributed by atoms with E-state index >= 15 is 0 Å². The Bertz CT molecular complexity index is 486. The number of ether oxygens (including phenoxy) is 2. The van der Waals surface area contributed by atoms with E-state index in [2.05, 4.69) is 9.47 Å². The Labute approximate surface area is 105 Å². The molecule has 1 aliphatic rings. The largest absolute Gasteiger partial charge is 0.432 e. The van der Waals surface area contributed by atoms with Crippen LogP contribution in [0, 0.1) is 23.3 Å². The first kappa shape index (κ1) is 13.4. The lowest BCUT2D eigenvalue weighted by Crippen LogP contribution is -2.51. The van der Waals surface area contributed by atoms with Crippen LogP contribution in [0.3, 0.4) is 0 Å². The molecule has 0 saturated carbocycles. The van der Waals surface area contributed by atoms with Crippen LogP contribution in [0.2, 0.25) is 0 Å². The van der Waals surface area contributed by atoms with Crippen molar-refractivity contribution in [3.05, 3.63) is 23.3 Å². The molecule has 0 radical (unpaired) electrons. The molecule has 0 fully saturated rings. The third-order valence-electron chi connectivity index (χ3n) is 1.98. The van der Waals surface area contributed by atoms with Crippen molar-refractivity contribution >= 4 is 23.2 Å². The quantitative estimate of drug-likeness (QED) is 0.314. The Balaban J connectivity index is 2.71. The van der Waals surface area contributed by atoms with Crippen LogP contribution < -0.4 is 9.47 Å². The molecule has 1 aliphatic heterocycles. The van der Waals surface area contributed by atoms with E-state index in [0.29, 0.717) is 0 Å². The van der Waals surface area contributed by atoms with Gasteiger partial charge in [0.25, 0.3) is 0 Å². The summed E-state index contributed by atoms with van der Waals surface area (Å²) >= 11 is 9.56. The summed E-state index contributed by atoms with van der Waals surface area (Å²) in [5.74, 6) is -12.0.